The number of carbonyl (C=O) groups is 1. The molecule has 4 N–H and O–H groups in total. The van der Waals surface area contributed by atoms with Crippen molar-refractivity contribution in [1.29, 1.82) is 0 Å². The van der Waals surface area contributed by atoms with Gasteiger partial charge in [0.1, 0.15) is 17.7 Å². The summed E-state index contributed by atoms with van der Waals surface area (Å²) in [5, 5.41) is 8.70. The van der Waals surface area contributed by atoms with Gasteiger partial charge in [0.15, 0.2) is 11.6 Å². The standard InChI is InChI=1S/C26H26N8O3.C24H26N8O2/c1-36-23(35)20-4-2-11-34(20)21-8-5-16(12-29-21)22-32-24(33-37-22)26(9-3-10-26)18-6-7-19(28-15-18)17-13-30-25(27)31-14-17;1-32(10-11-33-2)20-7-4-16(12-27-20)21-30-22(31-34-21)24(8-3-9-24)18-5-6-19(26-15-18)17-13-28-23(25)29-14-17/h5-8,12-15,20H,2-4,9-11H2,1H3,(H2,27,30,31);4-7,12-15H,3,8-11H2,1-2H3,(H2,25,28,29)/t20-;/m0./s1. The highest BCUT2D eigenvalue weighted by Crippen LogP contribution is 2.49. The average molecular weight is 957 g/mol. The minimum absolute atomic E-state index is 0.230. The molecule has 1 aliphatic heterocycles. The van der Waals surface area contributed by atoms with Crippen LogP contribution in [0.1, 0.15) is 74.1 Å². The smallest absolute Gasteiger partial charge is 0.328 e. The van der Waals surface area contributed by atoms with Gasteiger partial charge in [0, 0.05) is 87.9 Å². The third-order valence-corrected chi connectivity index (χ3v) is 13.7. The van der Waals surface area contributed by atoms with E-state index in [0.717, 1.165) is 121 Å². The molecule has 1 saturated heterocycles. The number of carbonyl (C=O) groups excluding carboxylic acids is 1. The molecule has 0 aromatic carbocycles. The van der Waals surface area contributed by atoms with Crippen molar-refractivity contribution >= 4 is 29.5 Å². The van der Waals surface area contributed by atoms with Gasteiger partial charge in [-0.3, -0.25) is 9.97 Å². The van der Waals surface area contributed by atoms with Gasteiger partial charge in [-0.15, -0.1) is 0 Å². The number of ether oxygens (including phenoxy) is 2. The second-order valence-electron chi connectivity index (χ2n) is 17.8. The van der Waals surface area contributed by atoms with E-state index in [1.54, 1.807) is 44.3 Å². The number of hydrogen-bond acceptors (Lipinski definition) is 21. The molecule has 2 aliphatic carbocycles. The molecule has 8 aromatic rings. The topological polar surface area (TPSA) is 275 Å². The van der Waals surface area contributed by atoms with Gasteiger partial charge in [-0.1, -0.05) is 35.3 Å². The Balaban J connectivity index is 0.000000165. The summed E-state index contributed by atoms with van der Waals surface area (Å²) in [6.45, 7) is 2.16. The molecule has 8 aromatic heterocycles. The maximum absolute atomic E-state index is 12.1. The zero-order valence-corrected chi connectivity index (χ0v) is 39.6. The van der Waals surface area contributed by atoms with E-state index in [1.807, 2.05) is 65.6 Å². The lowest BCUT2D eigenvalue weighted by molar-refractivity contribution is -0.141. The third kappa shape index (κ3) is 9.30. The number of nitrogens with zero attached hydrogens (tertiary/aromatic N) is 14. The Bertz CT molecular complexity index is 3050. The van der Waals surface area contributed by atoms with Gasteiger partial charge in [0.05, 0.1) is 47.1 Å². The van der Waals surface area contributed by atoms with Crippen LogP contribution in [0.3, 0.4) is 0 Å². The lowest BCUT2D eigenvalue weighted by Crippen LogP contribution is -2.37. The van der Waals surface area contributed by atoms with Crippen LogP contribution in [0.15, 0.2) is 107 Å². The largest absolute Gasteiger partial charge is 0.467 e. The summed E-state index contributed by atoms with van der Waals surface area (Å²) in [6, 6.07) is 15.4. The predicted molar refractivity (Wildman–Crippen MR) is 261 cm³/mol. The molecule has 11 rings (SSSR count). The van der Waals surface area contributed by atoms with Crippen molar-refractivity contribution in [3.05, 3.63) is 121 Å². The third-order valence-electron chi connectivity index (χ3n) is 13.7. The van der Waals surface area contributed by atoms with Gasteiger partial charge >= 0.3 is 5.97 Å². The summed E-state index contributed by atoms with van der Waals surface area (Å²) in [5.41, 5.74) is 17.3. The molecule has 0 radical (unpaired) electrons. The van der Waals surface area contributed by atoms with Gasteiger partial charge < -0.3 is 39.8 Å². The summed E-state index contributed by atoms with van der Waals surface area (Å²) >= 11 is 0. The van der Waals surface area contributed by atoms with Crippen molar-refractivity contribution in [3.8, 4) is 45.4 Å². The minimum atomic E-state index is -0.332. The second kappa shape index (κ2) is 19.9. The van der Waals surface area contributed by atoms with Crippen LogP contribution in [0.5, 0.6) is 0 Å². The summed E-state index contributed by atoms with van der Waals surface area (Å²) < 4.78 is 21.4. The highest BCUT2D eigenvalue weighted by molar-refractivity contribution is 5.80. The lowest BCUT2D eigenvalue weighted by Gasteiger charge is -2.39. The maximum Gasteiger partial charge on any atom is 0.328 e. The lowest BCUT2D eigenvalue weighted by atomic mass is 9.64. The molecule has 0 unspecified atom stereocenters. The number of anilines is 4. The second-order valence-corrected chi connectivity index (χ2v) is 17.8. The van der Waals surface area contributed by atoms with Crippen LogP contribution in [-0.2, 0) is 25.1 Å². The zero-order valence-electron chi connectivity index (χ0n) is 39.6. The minimum Gasteiger partial charge on any atom is -0.467 e. The molecule has 3 fully saturated rings. The van der Waals surface area contributed by atoms with Crippen LogP contribution < -0.4 is 21.3 Å². The van der Waals surface area contributed by atoms with Crippen molar-refractivity contribution in [2.75, 3.05) is 62.2 Å². The van der Waals surface area contributed by atoms with E-state index in [1.165, 1.54) is 7.11 Å². The molecule has 21 heteroatoms. The Morgan fingerprint density at radius 2 is 1.17 bits per heavy atom. The highest BCUT2D eigenvalue weighted by Gasteiger charge is 2.46. The molecule has 9 heterocycles. The summed E-state index contributed by atoms with van der Waals surface area (Å²) in [7, 11) is 5.08. The first kappa shape index (κ1) is 46.4. The molecule has 0 spiro atoms. The predicted octanol–water partition coefficient (Wildman–Crippen LogP) is 6.30. The number of pyridine rings is 4. The molecule has 1 atom stereocenters. The summed E-state index contributed by atoms with van der Waals surface area (Å²) in [5.74, 6) is 4.02. The van der Waals surface area contributed by atoms with E-state index in [2.05, 4.69) is 62.3 Å². The fourth-order valence-corrected chi connectivity index (χ4v) is 9.24. The summed E-state index contributed by atoms with van der Waals surface area (Å²) in [6.07, 6.45) is 21.4. The van der Waals surface area contributed by atoms with Crippen LogP contribution >= 0.6 is 0 Å². The van der Waals surface area contributed by atoms with E-state index in [9.17, 15) is 4.79 Å². The van der Waals surface area contributed by atoms with Gasteiger partial charge in [-0.05, 0) is 86.1 Å². The number of esters is 1. The molecule has 0 bridgehead atoms. The first-order valence-corrected chi connectivity index (χ1v) is 23.4. The van der Waals surface area contributed by atoms with Crippen LogP contribution in [0, 0.1) is 0 Å². The molecule has 71 heavy (non-hydrogen) atoms. The molecule has 362 valence electrons. The highest BCUT2D eigenvalue weighted by atomic mass is 16.5. The molecule has 0 amide bonds. The molecule has 3 aliphatic rings. The van der Waals surface area contributed by atoms with E-state index < -0.39 is 0 Å². The average Bonchev–Trinajstić information content (AvgIpc) is 4.20. The quantitative estimate of drug-likeness (QED) is 0.113. The number of nitrogen functional groups attached to an aromatic ring is 2. The van der Waals surface area contributed by atoms with Crippen molar-refractivity contribution in [2.24, 2.45) is 0 Å². The van der Waals surface area contributed by atoms with Gasteiger partial charge in [-0.2, -0.15) is 9.97 Å². The van der Waals surface area contributed by atoms with E-state index in [4.69, 9.17) is 40.0 Å². The fourth-order valence-electron chi connectivity index (χ4n) is 9.24. The van der Waals surface area contributed by atoms with Crippen molar-refractivity contribution in [3.63, 3.8) is 0 Å². The van der Waals surface area contributed by atoms with Gasteiger partial charge in [0.25, 0.3) is 11.8 Å². The van der Waals surface area contributed by atoms with Crippen LogP contribution in [0.25, 0.3) is 45.4 Å². The molecular formula is C50H52N16O5. The van der Waals surface area contributed by atoms with Gasteiger partial charge in [-0.25, -0.2) is 34.7 Å². The normalized spacial score (nSPS) is 16.5. The first-order chi connectivity index (χ1) is 34.7. The van der Waals surface area contributed by atoms with E-state index in [-0.39, 0.29) is 34.7 Å². The van der Waals surface area contributed by atoms with Crippen LogP contribution in [-0.4, -0.2) is 113 Å². The molecule has 2 saturated carbocycles. The number of methoxy groups -OCH3 is 2. The molecule has 21 nitrogen and oxygen atoms in total. The van der Waals surface area contributed by atoms with Crippen LogP contribution in [0.2, 0.25) is 0 Å². The number of aromatic nitrogens is 12. The van der Waals surface area contributed by atoms with Crippen molar-refractivity contribution < 1.29 is 23.3 Å². The zero-order chi connectivity index (χ0) is 49.0. The Kier molecular flexibility index (Phi) is 13.0. The Morgan fingerprint density at radius 3 is 1.59 bits per heavy atom. The fraction of sp³-hybridized carbons (Fsp3) is 0.340. The number of likely N-dealkylation sites (N-methyl/N-ethyl adjacent to an activating group) is 1. The SMILES string of the molecule is COC(=O)[C@@H]1CCCN1c1ccc(-c2nc(C3(c4ccc(-c5cnc(N)nc5)nc4)CCC3)no2)cn1.COCCN(C)c1ccc(-c2nc(C3(c4ccc(-c5cnc(N)nc5)nc4)CCC3)no2)cn1. The van der Waals surface area contributed by atoms with Gasteiger partial charge in [0.2, 0.25) is 11.9 Å². The monoisotopic (exact) mass is 956 g/mol. The Hall–Kier alpha value is -8.33. The Morgan fingerprint density at radius 1 is 0.648 bits per heavy atom. The number of rotatable bonds is 14. The van der Waals surface area contributed by atoms with E-state index in [0.29, 0.717) is 30.0 Å². The number of nitrogens with two attached hydrogens (primary N) is 2. The first-order valence-electron chi connectivity index (χ1n) is 23.4. The Labute approximate surface area is 408 Å². The van der Waals surface area contributed by atoms with E-state index >= 15 is 0 Å². The van der Waals surface area contributed by atoms with Crippen LogP contribution in [0.4, 0.5) is 23.5 Å². The van der Waals surface area contributed by atoms with Crippen molar-refractivity contribution in [1.82, 2.24) is 60.2 Å². The number of hydrogen-bond donors (Lipinski definition) is 2. The maximum atomic E-state index is 12.1. The molecular weight excluding hydrogens is 905 g/mol. The van der Waals surface area contributed by atoms with Crippen molar-refractivity contribution in [2.45, 2.75) is 68.2 Å². The summed E-state index contributed by atoms with van der Waals surface area (Å²) in [4.78, 5) is 60.2.